The zero-order chi connectivity index (χ0) is 15.5. The predicted molar refractivity (Wildman–Crippen MR) is 86.5 cm³/mol. The van der Waals surface area contributed by atoms with Crippen LogP contribution in [0.1, 0.15) is 50.0 Å². The molecule has 1 atom stereocenters. The molecule has 3 rings (SSSR count). The fourth-order valence-corrected chi connectivity index (χ4v) is 3.96. The van der Waals surface area contributed by atoms with E-state index in [9.17, 15) is 4.79 Å². The molecule has 0 aromatic carbocycles. The van der Waals surface area contributed by atoms with Gasteiger partial charge >= 0.3 is 0 Å². The number of carbonyl (C=O) groups is 1. The molecule has 1 unspecified atom stereocenters. The van der Waals surface area contributed by atoms with Gasteiger partial charge in [0.15, 0.2) is 0 Å². The van der Waals surface area contributed by atoms with E-state index in [-0.39, 0.29) is 11.8 Å². The van der Waals surface area contributed by atoms with Gasteiger partial charge in [-0.2, -0.15) is 0 Å². The summed E-state index contributed by atoms with van der Waals surface area (Å²) in [7, 11) is 1.89. The molecule has 4 heteroatoms. The minimum absolute atomic E-state index is 0.169. The maximum atomic E-state index is 12.6. The van der Waals surface area contributed by atoms with Crippen molar-refractivity contribution in [3.05, 3.63) is 23.7 Å². The van der Waals surface area contributed by atoms with Crippen LogP contribution in [0.15, 0.2) is 16.5 Å². The van der Waals surface area contributed by atoms with Crippen molar-refractivity contribution in [2.45, 2.75) is 58.0 Å². The second-order valence-corrected chi connectivity index (χ2v) is 6.98. The van der Waals surface area contributed by atoms with Crippen LogP contribution in [0.4, 0.5) is 0 Å². The summed E-state index contributed by atoms with van der Waals surface area (Å²) in [5.41, 5.74) is 0. The van der Waals surface area contributed by atoms with Gasteiger partial charge in [-0.3, -0.25) is 9.69 Å². The van der Waals surface area contributed by atoms with Gasteiger partial charge in [0, 0.05) is 19.6 Å². The minimum atomic E-state index is 0.169. The lowest BCUT2D eigenvalue weighted by atomic mass is 9.94. The first kappa shape index (κ1) is 15.6. The molecule has 1 amide bonds. The first-order chi connectivity index (χ1) is 10.6. The van der Waals surface area contributed by atoms with Crippen molar-refractivity contribution >= 4 is 5.91 Å². The molecule has 22 heavy (non-hydrogen) atoms. The van der Waals surface area contributed by atoms with E-state index in [0.717, 1.165) is 37.1 Å². The third-order valence-electron chi connectivity index (χ3n) is 5.23. The summed E-state index contributed by atoms with van der Waals surface area (Å²) in [6, 6.07) is 4.64. The Balaban J connectivity index is 1.52. The van der Waals surface area contributed by atoms with Crippen LogP contribution in [0, 0.1) is 12.8 Å². The van der Waals surface area contributed by atoms with Crippen molar-refractivity contribution in [3.8, 4) is 0 Å². The van der Waals surface area contributed by atoms with Gasteiger partial charge < -0.3 is 9.32 Å². The van der Waals surface area contributed by atoms with Crippen molar-refractivity contribution < 1.29 is 9.21 Å². The van der Waals surface area contributed by atoms with E-state index < -0.39 is 0 Å². The summed E-state index contributed by atoms with van der Waals surface area (Å²) in [4.78, 5) is 17.0. The quantitative estimate of drug-likeness (QED) is 0.857. The van der Waals surface area contributed by atoms with Gasteiger partial charge in [0.25, 0.3) is 0 Å². The Labute approximate surface area is 133 Å². The lowest BCUT2D eigenvalue weighted by molar-refractivity contribution is -0.134. The molecule has 1 saturated carbocycles. The fourth-order valence-electron chi connectivity index (χ4n) is 3.96. The summed E-state index contributed by atoms with van der Waals surface area (Å²) in [5.74, 6) is 2.21. The van der Waals surface area contributed by atoms with Crippen molar-refractivity contribution in [2.75, 3.05) is 20.1 Å². The molecule has 1 aromatic heterocycles. The molecule has 1 aliphatic heterocycles. The summed E-state index contributed by atoms with van der Waals surface area (Å²) in [5, 5.41) is 0. The zero-order valence-electron chi connectivity index (χ0n) is 13.9. The standard InChI is InChI=1S/C18H28N2O2/c1-14-8-9-17(22-14)13-19(2)18(21)15-10-11-20(12-15)16-6-4-3-5-7-16/h8-9,15-16H,3-7,10-13H2,1-2H3. The van der Waals surface area contributed by atoms with Crippen LogP contribution >= 0.6 is 0 Å². The molecule has 0 radical (unpaired) electrons. The van der Waals surface area contributed by atoms with E-state index >= 15 is 0 Å². The Bertz CT molecular complexity index is 505. The summed E-state index contributed by atoms with van der Waals surface area (Å²) >= 11 is 0. The highest BCUT2D eigenvalue weighted by atomic mass is 16.3. The number of amides is 1. The van der Waals surface area contributed by atoms with Crippen LogP contribution in [-0.4, -0.2) is 41.9 Å². The maximum Gasteiger partial charge on any atom is 0.227 e. The van der Waals surface area contributed by atoms with E-state index in [1.165, 1.54) is 32.1 Å². The monoisotopic (exact) mass is 304 g/mol. The number of furan rings is 1. The van der Waals surface area contributed by atoms with E-state index in [4.69, 9.17) is 4.42 Å². The molecule has 1 aromatic rings. The molecule has 2 heterocycles. The number of likely N-dealkylation sites (tertiary alicyclic amines) is 1. The van der Waals surface area contributed by atoms with Crippen LogP contribution in [-0.2, 0) is 11.3 Å². The number of hydrogen-bond acceptors (Lipinski definition) is 3. The molecule has 0 bridgehead atoms. The highest BCUT2D eigenvalue weighted by Crippen LogP contribution is 2.28. The van der Waals surface area contributed by atoms with E-state index in [2.05, 4.69) is 4.90 Å². The molecule has 0 spiro atoms. The van der Waals surface area contributed by atoms with Gasteiger partial charge in [-0.25, -0.2) is 0 Å². The van der Waals surface area contributed by atoms with Crippen LogP contribution < -0.4 is 0 Å². The number of hydrogen-bond donors (Lipinski definition) is 0. The SMILES string of the molecule is Cc1ccc(CN(C)C(=O)C2CCN(C3CCCCC3)C2)o1. The van der Waals surface area contributed by atoms with Crippen molar-refractivity contribution in [1.29, 1.82) is 0 Å². The first-order valence-electron chi connectivity index (χ1n) is 8.68. The van der Waals surface area contributed by atoms with Crippen LogP contribution in [0.2, 0.25) is 0 Å². The number of nitrogens with zero attached hydrogens (tertiary/aromatic N) is 2. The lowest BCUT2D eigenvalue weighted by Crippen LogP contribution is -2.38. The molecule has 2 fully saturated rings. The number of aryl methyl sites for hydroxylation is 1. The average Bonchev–Trinajstić information content (AvgIpc) is 3.17. The highest BCUT2D eigenvalue weighted by molar-refractivity contribution is 5.79. The summed E-state index contributed by atoms with van der Waals surface area (Å²) < 4.78 is 5.58. The topological polar surface area (TPSA) is 36.7 Å². The summed E-state index contributed by atoms with van der Waals surface area (Å²) in [6.07, 6.45) is 7.76. The van der Waals surface area contributed by atoms with E-state index in [1.807, 2.05) is 31.0 Å². The Kier molecular flexibility index (Phi) is 4.87. The fraction of sp³-hybridized carbons (Fsp3) is 0.722. The molecule has 1 saturated heterocycles. The normalized spacial score (nSPS) is 23.8. The van der Waals surface area contributed by atoms with Gasteiger partial charge in [-0.15, -0.1) is 0 Å². The third kappa shape index (κ3) is 3.54. The Morgan fingerprint density at radius 2 is 2.05 bits per heavy atom. The molecule has 2 aliphatic rings. The molecule has 4 nitrogen and oxygen atoms in total. The highest BCUT2D eigenvalue weighted by Gasteiger charge is 2.34. The van der Waals surface area contributed by atoms with Crippen LogP contribution in [0.5, 0.6) is 0 Å². The van der Waals surface area contributed by atoms with Crippen LogP contribution in [0.25, 0.3) is 0 Å². The van der Waals surface area contributed by atoms with Gasteiger partial charge in [0.2, 0.25) is 5.91 Å². The maximum absolute atomic E-state index is 12.6. The summed E-state index contributed by atoms with van der Waals surface area (Å²) in [6.45, 7) is 4.55. The molecular weight excluding hydrogens is 276 g/mol. The van der Waals surface area contributed by atoms with Crippen molar-refractivity contribution in [1.82, 2.24) is 9.80 Å². The minimum Gasteiger partial charge on any atom is -0.464 e. The van der Waals surface area contributed by atoms with Gasteiger partial charge in [0.05, 0.1) is 12.5 Å². The second kappa shape index (κ2) is 6.86. The Morgan fingerprint density at radius 1 is 1.27 bits per heavy atom. The van der Waals surface area contributed by atoms with E-state index in [1.54, 1.807) is 0 Å². The third-order valence-corrected chi connectivity index (χ3v) is 5.23. The number of rotatable bonds is 4. The van der Waals surface area contributed by atoms with Crippen molar-refractivity contribution in [2.24, 2.45) is 5.92 Å². The second-order valence-electron chi connectivity index (χ2n) is 6.98. The van der Waals surface area contributed by atoms with Crippen LogP contribution in [0.3, 0.4) is 0 Å². The Hall–Kier alpha value is -1.29. The van der Waals surface area contributed by atoms with Crippen molar-refractivity contribution in [3.63, 3.8) is 0 Å². The van der Waals surface area contributed by atoms with E-state index in [0.29, 0.717) is 6.54 Å². The molecule has 122 valence electrons. The largest absolute Gasteiger partial charge is 0.464 e. The Morgan fingerprint density at radius 3 is 2.73 bits per heavy atom. The lowest BCUT2D eigenvalue weighted by Gasteiger charge is -2.31. The predicted octanol–water partition coefficient (Wildman–Crippen LogP) is 3.20. The zero-order valence-corrected chi connectivity index (χ0v) is 13.9. The van der Waals surface area contributed by atoms with Gasteiger partial charge in [-0.1, -0.05) is 19.3 Å². The number of carbonyl (C=O) groups excluding carboxylic acids is 1. The molecule has 1 aliphatic carbocycles. The molecule has 0 N–H and O–H groups in total. The van der Waals surface area contributed by atoms with Gasteiger partial charge in [0.1, 0.15) is 11.5 Å². The average molecular weight is 304 g/mol. The van der Waals surface area contributed by atoms with Gasteiger partial charge in [-0.05, 0) is 44.9 Å². The molecular formula is C18H28N2O2. The first-order valence-corrected chi connectivity index (χ1v) is 8.68. The smallest absolute Gasteiger partial charge is 0.227 e.